The molecule has 1 aliphatic heterocycles. The molecule has 0 spiro atoms. The van der Waals surface area contributed by atoms with Gasteiger partial charge in [-0.1, -0.05) is 12.1 Å². The number of imidazole rings is 1. The van der Waals surface area contributed by atoms with E-state index < -0.39 is 0 Å². The van der Waals surface area contributed by atoms with E-state index in [4.69, 9.17) is 4.74 Å². The van der Waals surface area contributed by atoms with E-state index in [9.17, 15) is 4.39 Å². The van der Waals surface area contributed by atoms with Gasteiger partial charge in [-0.2, -0.15) is 0 Å². The van der Waals surface area contributed by atoms with Crippen molar-refractivity contribution in [2.45, 2.75) is 25.5 Å². The quantitative estimate of drug-likeness (QED) is 0.919. The average Bonchev–Trinajstić information content (AvgIpc) is 2.97. The summed E-state index contributed by atoms with van der Waals surface area (Å²) in [5.41, 5.74) is 1.76. The predicted octanol–water partition coefficient (Wildman–Crippen LogP) is 2.46. The van der Waals surface area contributed by atoms with Crippen molar-refractivity contribution in [2.24, 2.45) is 0 Å². The summed E-state index contributed by atoms with van der Waals surface area (Å²) in [6.07, 6.45) is 6.03. The molecule has 1 aromatic heterocycles. The molecule has 1 saturated heterocycles. The molecule has 0 atom stereocenters. The van der Waals surface area contributed by atoms with Crippen LogP contribution in [0, 0.1) is 5.82 Å². The van der Waals surface area contributed by atoms with Crippen molar-refractivity contribution in [1.29, 1.82) is 0 Å². The largest absolute Gasteiger partial charge is 0.376 e. The molecule has 1 fully saturated rings. The van der Waals surface area contributed by atoms with Crippen LogP contribution in [0.2, 0.25) is 0 Å². The maximum atomic E-state index is 13.3. The number of benzene rings is 1. The van der Waals surface area contributed by atoms with Gasteiger partial charge in [0.25, 0.3) is 0 Å². The summed E-state index contributed by atoms with van der Waals surface area (Å²) in [6, 6.07) is 6.59. The summed E-state index contributed by atoms with van der Waals surface area (Å²) in [4.78, 5) is 4.17. The van der Waals surface area contributed by atoms with Crippen molar-refractivity contribution < 1.29 is 9.13 Å². The second kappa shape index (κ2) is 6.83. The number of nitrogens with zero attached hydrogens (tertiary/aromatic N) is 2. The molecule has 21 heavy (non-hydrogen) atoms. The molecule has 0 amide bonds. The minimum atomic E-state index is -0.230. The Balaban J connectivity index is 1.60. The van der Waals surface area contributed by atoms with E-state index in [0.29, 0.717) is 12.7 Å². The molecule has 1 aromatic carbocycles. The standard InChI is InChI=1S/C16H20FN3O/c17-14-3-1-2-13(10-14)16-11-19-12-20(16)8-9-21-15-4-6-18-7-5-15/h1-3,10-12,15,18H,4-9H2. The van der Waals surface area contributed by atoms with Crippen LogP contribution >= 0.6 is 0 Å². The predicted molar refractivity (Wildman–Crippen MR) is 79.5 cm³/mol. The first-order valence-electron chi connectivity index (χ1n) is 7.41. The van der Waals surface area contributed by atoms with Crippen LogP contribution in [0.15, 0.2) is 36.8 Å². The molecule has 5 heteroatoms. The second-order valence-electron chi connectivity index (χ2n) is 5.30. The van der Waals surface area contributed by atoms with E-state index in [1.54, 1.807) is 18.6 Å². The van der Waals surface area contributed by atoms with Crippen LogP contribution in [0.4, 0.5) is 4.39 Å². The molecule has 1 aliphatic rings. The van der Waals surface area contributed by atoms with E-state index in [1.165, 1.54) is 12.1 Å². The molecule has 0 bridgehead atoms. The fraction of sp³-hybridized carbons (Fsp3) is 0.438. The lowest BCUT2D eigenvalue weighted by molar-refractivity contribution is 0.0286. The number of halogens is 1. The highest BCUT2D eigenvalue weighted by atomic mass is 19.1. The minimum absolute atomic E-state index is 0.230. The van der Waals surface area contributed by atoms with Crippen LogP contribution in [0.5, 0.6) is 0 Å². The van der Waals surface area contributed by atoms with Crippen LogP contribution in [0.3, 0.4) is 0 Å². The van der Waals surface area contributed by atoms with Gasteiger partial charge in [0.05, 0.1) is 30.9 Å². The average molecular weight is 289 g/mol. The van der Waals surface area contributed by atoms with Crippen LogP contribution in [0.1, 0.15) is 12.8 Å². The Bertz CT molecular complexity index is 578. The number of hydrogen-bond donors (Lipinski definition) is 1. The molecule has 0 radical (unpaired) electrons. The topological polar surface area (TPSA) is 39.1 Å². The third-order valence-corrected chi connectivity index (χ3v) is 3.80. The highest BCUT2D eigenvalue weighted by molar-refractivity contribution is 5.58. The summed E-state index contributed by atoms with van der Waals surface area (Å²) in [6.45, 7) is 3.45. The first-order valence-corrected chi connectivity index (χ1v) is 7.41. The fourth-order valence-electron chi connectivity index (χ4n) is 2.67. The molecular weight excluding hydrogens is 269 g/mol. The lowest BCUT2D eigenvalue weighted by atomic mass is 10.1. The molecule has 112 valence electrons. The molecule has 1 N–H and O–H groups in total. The Hall–Kier alpha value is -1.72. The monoisotopic (exact) mass is 289 g/mol. The lowest BCUT2D eigenvalue weighted by Crippen LogP contribution is -2.33. The summed E-state index contributed by atoms with van der Waals surface area (Å²) < 4.78 is 21.2. The van der Waals surface area contributed by atoms with Crippen LogP contribution in [-0.4, -0.2) is 35.4 Å². The summed E-state index contributed by atoms with van der Waals surface area (Å²) in [7, 11) is 0. The second-order valence-corrected chi connectivity index (χ2v) is 5.30. The van der Waals surface area contributed by atoms with E-state index in [2.05, 4.69) is 10.3 Å². The SMILES string of the molecule is Fc1cccc(-c2cncn2CCOC2CCNCC2)c1. The van der Waals surface area contributed by atoms with Crippen LogP contribution < -0.4 is 5.32 Å². The van der Waals surface area contributed by atoms with Crippen molar-refractivity contribution in [3.63, 3.8) is 0 Å². The van der Waals surface area contributed by atoms with Gasteiger partial charge in [0, 0.05) is 12.1 Å². The number of aromatic nitrogens is 2. The summed E-state index contributed by atoms with van der Waals surface area (Å²) >= 11 is 0. The first-order chi connectivity index (χ1) is 10.3. The van der Waals surface area contributed by atoms with Crippen molar-refractivity contribution in [1.82, 2.24) is 14.9 Å². The Kier molecular flexibility index (Phi) is 4.62. The minimum Gasteiger partial charge on any atom is -0.376 e. The molecule has 2 aromatic rings. The maximum Gasteiger partial charge on any atom is 0.123 e. The smallest absolute Gasteiger partial charge is 0.123 e. The Morgan fingerprint density at radius 1 is 1.33 bits per heavy atom. The number of ether oxygens (including phenoxy) is 1. The van der Waals surface area contributed by atoms with Gasteiger partial charge in [-0.25, -0.2) is 9.37 Å². The van der Waals surface area contributed by atoms with Gasteiger partial charge < -0.3 is 14.6 Å². The van der Waals surface area contributed by atoms with Crippen molar-refractivity contribution in [3.05, 3.63) is 42.6 Å². The van der Waals surface area contributed by atoms with E-state index in [1.807, 2.05) is 10.6 Å². The molecule has 4 nitrogen and oxygen atoms in total. The van der Waals surface area contributed by atoms with Crippen LogP contribution in [0.25, 0.3) is 11.3 Å². The third-order valence-electron chi connectivity index (χ3n) is 3.80. The highest BCUT2D eigenvalue weighted by Gasteiger charge is 2.13. The third kappa shape index (κ3) is 3.68. The Morgan fingerprint density at radius 3 is 3.00 bits per heavy atom. The van der Waals surface area contributed by atoms with E-state index in [0.717, 1.165) is 43.7 Å². The molecule has 0 unspecified atom stereocenters. The van der Waals surface area contributed by atoms with Gasteiger partial charge in [-0.3, -0.25) is 0 Å². The Morgan fingerprint density at radius 2 is 2.19 bits per heavy atom. The molecule has 0 aliphatic carbocycles. The van der Waals surface area contributed by atoms with E-state index in [-0.39, 0.29) is 5.82 Å². The van der Waals surface area contributed by atoms with Gasteiger partial charge in [0.15, 0.2) is 0 Å². The lowest BCUT2D eigenvalue weighted by Gasteiger charge is -2.23. The van der Waals surface area contributed by atoms with Gasteiger partial charge in [-0.15, -0.1) is 0 Å². The van der Waals surface area contributed by atoms with Crippen LogP contribution in [-0.2, 0) is 11.3 Å². The Labute approximate surface area is 124 Å². The van der Waals surface area contributed by atoms with Gasteiger partial charge in [0.1, 0.15) is 5.82 Å². The number of rotatable bonds is 5. The maximum absolute atomic E-state index is 13.3. The number of nitrogens with one attached hydrogen (secondary N) is 1. The number of piperidine rings is 1. The van der Waals surface area contributed by atoms with Crippen molar-refractivity contribution in [2.75, 3.05) is 19.7 Å². The fourth-order valence-corrected chi connectivity index (χ4v) is 2.67. The normalized spacial score (nSPS) is 16.2. The zero-order valence-electron chi connectivity index (χ0n) is 12.0. The molecule has 3 rings (SSSR count). The zero-order chi connectivity index (χ0) is 14.5. The van der Waals surface area contributed by atoms with Gasteiger partial charge in [0.2, 0.25) is 0 Å². The van der Waals surface area contributed by atoms with Crippen molar-refractivity contribution >= 4 is 0 Å². The zero-order valence-corrected chi connectivity index (χ0v) is 12.0. The first kappa shape index (κ1) is 14.2. The van der Waals surface area contributed by atoms with Gasteiger partial charge in [-0.05, 0) is 38.1 Å². The summed E-state index contributed by atoms with van der Waals surface area (Å²) in [5.74, 6) is -0.230. The summed E-state index contributed by atoms with van der Waals surface area (Å²) in [5, 5.41) is 3.32. The molecular formula is C16H20FN3O. The molecule has 2 heterocycles. The number of hydrogen-bond acceptors (Lipinski definition) is 3. The van der Waals surface area contributed by atoms with Gasteiger partial charge >= 0.3 is 0 Å². The molecule has 0 saturated carbocycles. The van der Waals surface area contributed by atoms with Crippen molar-refractivity contribution in [3.8, 4) is 11.3 Å². The van der Waals surface area contributed by atoms with E-state index >= 15 is 0 Å². The highest BCUT2D eigenvalue weighted by Crippen LogP contribution is 2.19.